The normalized spacial score (nSPS) is 18.1. The molecule has 0 aliphatic carbocycles. The van der Waals surface area contributed by atoms with E-state index in [2.05, 4.69) is 5.32 Å². The number of aliphatic carboxylic acids is 1. The summed E-state index contributed by atoms with van der Waals surface area (Å²) in [6, 6.07) is 3.89. The van der Waals surface area contributed by atoms with Gasteiger partial charge in [0.1, 0.15) is 11.4 Å². The standard InChI is InChI=1S/C22H31BFNO6/c1-20(2,3)29-19(28)25-13-16(23-30-21(4,5)22(6,7)31-23)10-15-11-17(24)9-8-14(15)12-18(26)27/h8-11H,12-13H2,1-7H3,(H,25,28)(H,26,27). The number of nitrogens with one attached hydrogen (secondary N) is 1. The van der Waals surface area contributed by atoms with Crippen LogP contribution in [-0.2, 0) is 25.3 Å². The number of hydrogen-bond donors (Lipinski definition) is 2. The topological polar surface area (TPSA) is 94.1 Å². The molecular formula is C22H31BFNO6. The Kier molecular flexibility index (Phi) is 7.23. The molecule has 1 aromatic rings. The highest BCUT2D eigenvalue weighted by atomic mass is 19.1. The van der Waals surface area contributed by atoms with Crippen LogP contribution in [0.2, 0.25) is 0 Å². The van der Waals surface area contributed by atoms with E-state index in [1.54, 1.807) is 26.8 Å². The fraction of sp³-hybridized carbons (Fsp3) is 0.545. The van der Waals surface area contributed by atoms with Crippen LogP contribution in [0.4, 0.5) is 9.18 Å². The molecule has 0 atom stereocenters. The number of alkyl carbamates (subject to hydrolysis) is 1. The molecule has 170 valence electrons. The van der Waals surface area contributed by atoms with Gasteiger partial charge < -0.3 is 24.5 Å². The van der Waals surface area contributed by atoms with Gasteiger partial charge in [-0.3, -0.25) is 4.79 Å². The third-order valence-electron chi connectivity index (χ3n) is 5.18. The molecule has 0 radical (unpaired) electrons. The lowest BCUT2D eigenvalue weighted by molar-refractivity contribution is -0.136. The molecule has 1 heterocycles. The molecule has 1 aromatic carbocycles. The van der Waals surface area contributed by atoms with Crippen LogP contribution in [0.15, 0.2) is 23.7 Å². The summed E-state index contributed by atoms with van der Waals surface area (Å²) in [6.45, 7) is 12.8. The molecule has 1 fully saturated rings. The fourth-order valence-electron chi connectivity index (χ4n) is 2.91. The Labute approximate surface area is 183 Å². The first kappa shape index (κ1) is 24.9. The second kappa shape index (κ2) is 9.00. The predicted octanol–water partition coefficient (Wildman–Crippen LogP) is 3.99. The lowest BCUT2D eigenvalue weighted by Crippen LogP contribution is -2.41. The highest BCUT2D eigenvalue weighted by Crippen LogP contribution is 2.39. The van der Waals surface area contributed by atoms with E-state index in [1.807, 2.05) is 27.7 Å². The third kappa shape index (κ3) is 6.80. The Bertz CT molecular complexity index is 859. The molecule has 7 nitrogen and oxygen atoms in total. The monoisotopic (exact) mass is 435 g/mol. The maximum atomic E-state index is 13.9. The smallest absolute Gasteiger partial charge is 0.481 e. The summed E-state index contributed by atoms with van der Waals surface area (Å²) in [5.41, 5.74) is -0.626. The minimum absolute atomic E-state index is 0.00870. The molecule has 2 N–H and O–H groups in total. The highest BCUT2D eigenvalue weighted by molar-refractivity contribution is 6.56. The van der Waals surface area contributed by atoms with Crippen LogP contribution in [0.25, 0.3) is 6.08 Å². The number of halogens is 1. The number of rotatable bonds is 6. The van der Waals surface area contributed by atoms with Crippen molar-refractivity contribution in [2.45, 2.75) is 71.7 Å². The van der Waals surface area contributed by atoms with Crippen molar-refractivity contribution in [3.05, 3.63) is 40.6 Å². The predicted molar refractivity (Wildman–Crippen MR) is 116 cm³/mol. The van der Waals surface area contributed by atoms with Gasteiger partial charge in [0.15, 0.2) is 0 Å². The highest BCUT2D eigenvalue weighted by Gasteiger charge is 2.52. The van der Waals surface area contributed by atoms with E-state index in [4.69, 9.17) is 14.0 Å². The Morgan fingerprint density at radius 3 is 2.29 bits per heavy atom. The molecule has 31 heavy (non-hydrogen) atoms. The molecule has 0 aromatic heterocycles. The van der Waals surface area contributed by atoms with Gasteiger partial charge in [0.25, 0.3) is 0 Å². The van der Waals surface area contributed by atoms with E-state index >= 15 is 0 Å². The number of hydrogen-bond acceptors (Lipinski definition) is 5. The van der Waals surface area contributed by atoms with Crippen molar-refractivity contribution in [2.24, 2.45) is 0 Å². The first-order chi connectivity index (χ1) is 14.1. The van der Waals surface area contributed by atoms with Gasteiger partial charge in [-0.05, 0) is 77.2 Å². The molecule has 0 spiro atoms. The number of carbonyl (C=O) groups excluding carboxylic acids is 1. The minimum atomic E-state index is -1.04. The quantitative estimate of drug-likeness (QED) is 0.657. The van der Waals surface area contributed by atoms with Crippen molar-refractivity contribution < 1.29 is 33.1 Å². The first-order valence-electron chi connectivity index (χ1n) is 10.1. The van der Waals surface area contributed by atoms with E-state index in [-0.39, 0.29) is 13.0 Å². The van der Waals surface area contributed by atoms with Gasteiger partial charge in [-0.25, -0.2) is 9.18 Å². The zero-order valence-electron chi connectivity index (χ0n) is 19.2. The molecule has 0 saturated carbocycles. The second-order valence-electron chi connectivity index (χ2n) is 9.58. The lowest BCUT2D eigenvalue weighted by Gasteiger charge is -2.32. The Hall–Kier alpha value is -2.39. The van der Waals surface area contributed by atoms with E-state index in [0.29, 0.717) is 16.6 Å². The van der Waals surface area contributed by atoms with Gasteiger partial charge in [-0.15, -0.1) is 0 Å². The number of carboxylic acids is 1. The molecule has 0 unspecified atom stereocenters. The van der Waals surface area contributed by atoms with Crippen LogP contribution < -0.4 is 5.32 Å². The first-order valence-corrected chi connectivity index (χ1v) is 10.1. The van der Waals surface area contributed by atoms with Gasteiger partial charge in [-0.1, -0.05) is 12.1 Å². The van der Waals surface area contributed by atoms with Crippen molar-refractivity contribution in [3.8, 4) is 0 Å². The van der Waals surface area contributed by atoms with Crippen LogP contribution in [0.1, 0.15) is 59.6 Å². The zero-order valence-corrected chi connectivity index (χ0v) is 19.2. The van der Waals surface area contributed by atoms with Crippen LogP contribution in [0, 0.1) is 5.82 Å². The number of carbonyl (C=O) groups is 2. The average Bonchev–Trinajstić information content (AvgIpc) is 2.79. The maximum absolute atomic E-state index is 13.9. The summed E-state index contributed by atoms with van der Waals surface area (Å²) >= 11 is 0. The van der Waals surface area contributed by atoms with E-state index in [1.165, 1.54) is 18.2 Å². The SMILES string of the molecule is CC(C)(C)OC(=O)NCC(=Cc1cc(F)ccc1CC(=O)O)B1OC(C)(C)C(C)(C)O1. The second-order valence-corrected chi connectivity index (χ2v) is 9.58. The summed E-state index contributed by atoms with van der Waals surface area (Å²) < 4.78 is 31.4. The Morgan fingerprint density at radius 2 is 1.77 bits per heavy atom. The van der Waals surface area contributed by atoms with Crippen LogP contribution in [-0.4, -0.2) is 47.6 Å². The van der Waals surface area contributed by atoms with E-state index < -0.39 is 41.8 Å². The summed E-state index contributed by atoms with van der Waals surface area (Å²) in [7, 11) is -0.819. The summed E-state index contributed by atoms with van der Waals surface area (Å²) in [5.74, 6) is -1.54. The summed E-state index contributed by atoms with van der Waals surface area (Å²) in [4.78, 5) is 23.4. The van der Waals surface area contributed by atoms with Crippen molar-refractivity contribution in [3.63, 3.8) is 0 Å². The van der Waals surface area contributed by atoms with Crippen LogP contribution in [0.5, 0.6) is 0 Å². The van der Waals surface area contributed by atoms with Crippen molar-refractivity contribution in [1.82, 2.24) is 5.32 Å². The van der Waals surface area contributed by atoms with Crippen LogP contribution in [0.3, 0.4) is 0 Å². The molecule has 2 rings (SSSR count). The molecule has 9 heteroatoms. The van der Waals surface area contributed by atoms with E-state index in [9.17, 15) is 19.1 Å². The van der Waals surface area contributed by atoms with Gasteiger partial charge >= 0.3 is 19.2 Å². The number of amides is 1. The summed E-state index contributed by atoms with van der Waals surface area (Å²) in [5, 5.41) is 11.9. The number of benzene rings is 1. The number of ether oxygens (including phenoxy) is 1. The van der Waals surface area contributed by atoms with Gasteiger partial charge in [-0.2, -0.15) is 0 Å². The molecule has 1 amide bonds. The van der Waals surface area contributed by atoms with Gasteiger partial charge in [0.05, 0.1) is 17.6 Å². The molecule has 1 aliphatic rings. The zero-order chi connectivity index (χ0) is 23.6. The van der Waals surface area contributed by atoms with Gasteiger partial charge in [0, 0.05) is 6.54 Å². The molecule has 0 bridgehead atoms. The van der Waals surface area contributed by atoms with E-state index in [0.717, 1.165) is 0 Å². The number of carboxylic acid groups (broad SMARTS) is 1. The van der Waals surface area contributed by atoms with Crippen molar-refractivity contribution in [2.75, 3.05) is 6.54 Å². The Balaban J connectivity index is 2.40. The van der Waals surface area contributed by atoms with Crippen molar-refractivity contribution >= 4 is 25.3 Å². The van der Waals surface area contributed by atoms with Crippen molar-refractivity contribution in [1.29, 1.82) is 0 Å². The summed E-state index contributed by atoms with van der Waals surface area (Å²) in [6.07, 6.45) is 0.697. The Morgan fingerprint density at radius 1 is 1.19 bits per heavy atom. The lowest BCUT2D eigenvalue weighted by atomic mass is 9.76. The maximum Gasteiger partial charge on any atom is 0.492 e. The molecular weight excluding hydrogens is 404 g/mol. The fourth-order valence-corrected chi connectivity index (χ4v) is 2.91. The molecule has 1 saturated heterocycles. The molecule has 1 aliphatic heterocycles. The van der Waals surface area contributed by atoms with Crippen LogP contribution >= 0.6 is 0 Å². The largest absolute Gasteiger partial charge is 0.492 e. The average molecular weight is 435 g/mol. The van der Waals surface area contributed by atoms with Gasteiger partial charge in [0.2, 0.25) is 0 Å². The minimum Gasteiger partial charge on any atom is -0.481 e. The third-order valence-corrected chi connectivity index (χ3v) is 5.18.